The minimum atomic E-state index is -0.341. The molecule has 2 aromatic heterocycles. The molecule has 0 unspecified atom stereocenters. The topological polar surface area (TPSA) is 82.2 Å². The average molecular weight is 527 g/mol. The number of carbonyl (C=O) groups excluding carboxylic acids is 1. The van der Waals surface area contributed by atoms with E-state index in [1.807, 2.05) is 85.1 Å². The molecule has 3 aromatic carbocycles. The highest BCUT2D eigenvalue weighted by Gasteiger charge is 2.17. The van der Waals surface area contributed by atoms with Gasteiger partial charge in [0, 0.05) is 40.5 Å². The van der Waals surface area contributed by atoms with Crippen LogP contribution in [0, 0.1) is 5.92 Å². The molecule has 1 amide bonds. The molecule has 2 heterocycles. The second-order valence-corrected chi connectivity index (χ2v) is 9.71. The number of halogens is 1. The zero-order chi connectivity index (χ0) is 26.5. The van der Waals surface area contributed by atoms with Crippen molar-refractivity contribution in [1.82, 2.24) is 20.3 Å². The third kappa shape index (κ3) is 5.95. The largest absolute Gasteiger partial charge is 0.493 e. The number of benzene rings is 3. The molecule has 0 saturated heterocycles. The predicted molar refractivity (Wildman–Crippen MR) is 147 cm³/mol. The first-order valence-electron chi connectivity index (χ1n) is 12.3. The Morgan fingerprint density at radius 3 is 2.42 bits per heavy atom. The number of ether oxygens (including phenoxy) is 1. The molecular formula is C30H27ClN4O3. The van der Waals surface area contributed by atoms with Crippen LogP contribution in [-0.2, 0) is 6.54 Å². The van der Waals surface area contributed by atoms with Crippen molar-refractivity contribution in [2.24, 2.45) is 5.92 Å². The van der Waals surface area contributed by atoms with Crippen LogP contribution in [0.1, 0.15) is 29.9 Å². The number of nitrogens with one attached hydrogen (secondary N) is 1. The van der Waals surface area contributed by atoms with Crippen molar-refractivity contribution in [3.63, 3.8) is 0 Å². The number of hydrogen-bond donors (Lipinski definition) is 1. The SMILES string of the molecule is CC(C)COc1ccc(-c2cc(C(=O)NCc3cn(-c4ccccc4)nc3-c3ccc(Cl)cc3)no2)cc1. The van der Waals surface area contributed by atoms with Gasteiger partial charge in [0.25, 0.3) is 5.91 Å². The minimum Gasteiger partial charge on any atom is -0.493 e. The lowest BCUT2D eigenvalue weighted by molar-refractivity contribution is 0.0942. The van der Waals surface area contributed by atoms with Gasteiger partial charge in [-0.05, 0) is 54.4 Å². The second-order valence-electron chi connectivity index (χ2n) is 9.28. The van der Waals surface area contributed by atoms with Crippen LogP contribution >= 0.6 is 11.6 Å². The average Bonchev–Trinajstić information content (AvgIpc) is 3.60. The van der Waals surface area contributed by atoms with Crippen LogP contribution in [0.2, 0.25) is 5.02 Å². The van der Waals surface area contributed by atoms with Crippen molar-refractivity contribution < 1.29 is 14.1 Å². The zero-order valence-electron chi connectivity index (χ0n) is 21.1. The standard InChI is InChI=1S/C30H27ClN4O3/c1-20(2)19-37-26-14-10-21(11-15-26)28-16-27(34-38-28)30(36)32-17-23-18-35(25-6-4-3-5-7-25)33-29(23)22-8-12-24(31)13-9-22/h3-16,18,20H,17,19H2,1-2H3,(H,32,36). The fraction of sp³-hybridized carbons (Fsp3) is 0.167. The third-order valence-corrected chi connectivity index (χ3v) is 6.08. The number of hydrogen-bond acceptors (Lipinski definition) is 5. The Balaban J connectivity index is 1.31. The van der Waals surface area contributed by atoms with Crippen LogP contribution in [0.25, 0.3) is 28.3 Å². The van der Waals surface area contributed by atoms with Crippen LogP contribution in [-0.4, -0.2) is 27.5 Å². The number of nitrogens with zero attached hydrogens (tertiary/aromatic N) is 3. The molecule has 0 saturated carbocycles. The Kier molecular flexibility index (Phi) is 7.56. The molecule has 0 atom stereocenters. The first-order valence-corrected chi connectivity index (χ1v) is 12.7. The highest BCUT2D eigenvalue weighted by molar-refractivity contribution is 6.30. The Morgan fingerprint density at radius 1 is 1.00 bits per heavy atom. The fourth-order valence-corrected chi connectivity index (χ4v) is 3.99. The van der Waals surface area contributed by atoms with Gasteiger partial charge < -0.3 is 14.6 Å². The summed E-state index contributed by atoms with van der Waals surface area (Å²) in [5.41, 5.74) is 4.43. The fourth-order valence-electron chi connectivity index (χ4n) is 3.87. The molecule has 0 radical (unpaired) electrons. The Labute approximate surface area is 226 Å². The van der Waals surface area contributed by atoms with Crippen molar-refractivity contribution in [2.75, 3.05) is 6.61 Å². The van der Waals surface area contributed by atoms with Gasteiger partial charge >= 0.3 is 0 Å². The highest BCUT2D eigenvalue weighted by atomic mass is 35.5. The van der Waals surface area contributed by atoms with Crippen molar-refractivity contribution in [2.45, 2.75) is 20.4 Å². The van der Waals surface area contributed by atoms with E-state index in [9.17, 15) is 4.79 Å². The number of carbonyl (C=O) groups is 1. The van der Waals surface area contributed by atoms with E-state index in [-0.39, 0.29) is 18.1 Å². The van der Waals surface area contributed by atoms with Gasteiger partial charge in [-0.15, -0.1) is 0 Å². The normalized spacial score (nSPS) is 11.1. The number of amides is 1. The zero-order valence-corrected chi connectivity index (χ0v) is 21.9. The van der Waals surface area contributed by atoms with Gasteiger partial charge in [0.05, 0.1) is 18.0 Å². The molecule has 0 fully saturated rings. The van der Waals surface area contributed by atoms with E-state index in [0.717, 1.165) is 33.8 Å². The maximum atomic E-state index is 12.9. The van der Waals surface area contributed by atoms with E-state index < -0.39 is 0 Å². The molecular weight excluding hydrogens is 500 g/mol. The summed E-state index contributed by atoms with van der Waals surface area (Å²) in [4.78, 5) is 12.9. The molecule has 0 aliphatic carbocycles. The smallest absolute Gasteiger partial charge is 0.273 e. The summed E-state index contributed by atoms with van der Waals surface area (Å²) in [6, 6.07) is 26.4. The summed E-state index contributed by atoms with van der Waals surface area (Å²) >= 11 is 6.09. The molecule has 7 nitrogen and oxygen atoms in total. The van der Waals surface area contributed by atoms with E-state index in [1.165, 1.54) is 0 Å². The van der Waals surface area contributed by atoms with Gasteiger partial charge in [-0.3, -0.25) is 4.79 Å². The maximum Gasteiger partial charge on any atom is 0.273 e. The third-order valence-electron chi connectivity index (χ3n) is 5.83. The predicted octanol–water partition coefficient (Wildman–Crippen LogP) is 6.81. The first-order chi connectivity index (χ1) is 18.5. The van der Waals surface area contributed by atoms with Gasteiger partial charge in [-0.2, -0.15) is 5.10 Å². The van der Waals surface area contributed by atoms with Crippen LogP contribution < -0.4 is 10.1 Å². The molecule has 5 rings (SSSR count). The molecule has 8 heteroatoms. The summed E-state index contributed by atoms with van der Waals surface area (Å²) < 4.78 is 13.0. The maximum absolute atomic E-state index is 12.9. The van der Waals surface area contributed by atoms with Crippen molar-refractivity contribution >= 4 is 17.5 Å². The van der Waals surface area contributed by atoms with Crippen LogP contribution in [0.4, 0.5) is 0 Å². The van der Waals surface area contributed by atoms with E-state index in [2.05, 4.69) is 24.3 Å². The summed E-state index contributed by atoms with van der Waals surface area (Å²) in [5, 5.41) is 12.3. The van der Waals surface area contributed by atoms with E-state index in [4.69, 9.17) is 26.0 Å². The van der Waals surface area contributed by atoms with Crippen LogP contribution in [0.15, 0.2) is 95.6 Å². The van der Waals surface area contributed by atoms with Gasteiger partial charge in [0.1, 0.15) is 5.75 Å². The second kappa shape index (κ2) is 11.4. The monoisotopic (exact) mass is 526 g/mol. The van der Waals surface area contributed by atoms with Gasteiger partial charge in [-0.1, -0.05) is 60.9 Å². The lowest BCUT2D eigenvalue weighted by Gasteiger charge is -2.08. The quantitative estimate of drug-likeness (QED) is 0.228. The summed E-state index contributed by atoms with van der Waals surface area (Å²) in [7, 11) is 0. The molecule has 38 heavy (non-hydrogen) atoms. The molecule has 192 valence electrons. The van der Waals surface area contributed by atoms with Gasteiger partial charge in [0.2, 0.25) is 0 Å². The molecule has 5 aromatic rings. The van der Waals surface area contributed by atoms with Crippen LogP contribution in [0.3, 0.4) is 0 Å². The summed E-state index contributed by atoms with van der Waals surface area (Å²) in [6.07, 6.45) is 1.91. The van der Waals surface area contributed by atoms with E-state index >= 15 is 0 Å². The lowest BCUT2D eigenvalue weighted by Crippen LogP contribution is -2.23. The van der Waals surface area contributed by atoms with Crippen LogP contribution in [0.5, 0.6) is 5.75 Å². The number of rotatable bonds is 9. The Morgan fingerprint density at radius 2 is 1.71 bits per heavy atom. The van der Waals surface area contributed by atoms with Crippen molar-refractivity contribution in [1.29, 1.82) is 0 Å². The van der Waals surface area contributed by atoms with Gasteiger partial charge in [0.15, 0.2) is 11.5 Å². The summed E-state index contributed by atoms with van der Waals surface area (Å²) in [5.74, 6) is 1.39. The van der Waals surface area contributed by atoms with Crippen molar-refractivity contribution in [3.8, 4) is 34.0 Å². The van der Waals surface area contributed by atoms with Crippen molar-refractivity contribution in [3.05, 3.63) is 107 Å². The number of aromatic nitrogens is 3. The minimum absolute atomic E-state index is 0.198. The molecule has 0 aliphatic rings. The lowest BCUT2D eigenvalue weighted by atomic mass is 10.1. The Bertz CT molecular complexity index is 1510. The number of para-hydroxylation sites is 1. The molecule has 0 spiro atoms. The van der Waals surface area contributed by atoms with E-state index in [1.54, 1.807) is 10.7 Å². The van der Waals surface area contributed by atoms with Gasteiger partial charge in [-0.25, -0.2) is 4.68 Å². The molecule has 0 aliphatic heterocycles. The highest BCUT2D eigenvalue weighted by Crippen LogP contribution is 2.26. The van der Waals surface area contributed by atoms with E-state index in [0.29, 0.717) is 23.3 Å². The summed E-state index contributed by atoms with van der Waals surface area (Å²) in [6.45, 7) is 5.11. The molecule has 1 N–H and O–H groups in total. The Hall–Kier alpha value is -4.36. The first kappa shape index (κ1) is 25.3. The molecule has 0 bridgehead atoms.